The maximum atomic E-state index is 4.84. The van der Waals surface area contributed by atoms with Crippen molar-refractivity contribution in [2.45, 2.75) is 180 Å². The van der Waals surface area contributed by atoms with E-state index in [0.717, 1.165) is 0 Å². The molecule has 0 spiro atoms. The van der Waals surface area contributed by atoms with Crippen molar-refractivity contribution in [3.63, 3.8) is 0 Å². The van der Waals surface area contributed by atoms with Crippen LogP contribution < -0.4 is 0 Å². The van der Waals surface area contributed by atoms with Gasteiger partial charge >= 0.3 is 0 Å². The van der Waals surface area contributed by atoms with Gasteiger partial charge in [-0.25, -0.2) is 0 Å². The molecule has 2 heterocycles. The monoisotopic (exact) mass is 521 g/mol. The van der Waals surface area contributed by atoms with Crippen LogP contribution in [0.25, 0.3) is 0 Å². The summed E-state index contributed by atoms with van der Waals surface area (Å²) in [5.74, 6) is 0. The Kier molecular flexibility index (Phi) is 13.0. The van der Waals surface area contributed by atoms with Gasteiger partial charge < -0.3 is 0 Å². The van der Waals surface area contributed by atoms with Crippen LogP contribution in [0.2, 0.25) is 0 Å². The Hall–Kier alpha value is -1.58. The molecule has 0 aliphatic heterocycles. The normalized spacial score (nSPS) is 13.0. The zero-order valence-electron chi connectivity index (χ0n) is 25.9. The van der Waals surface area contributed by atoms with Gasteiger partial charge in [0.1, 0.15) is 0 Å². The van der Waals surface area contributed by atoms with Crippen LogP contribution in [-0.4, -0.2) is 19.6 Å². The van der Waals surface area contributed by atoms with Crippen LogP contribution in [0.5, 0.6) is 0 Å². The molecule has 2 rings (SSSR count). The maximum absolute atomic E-state index is 4.84. The molecule has 0 saturated carbocycles. The van der Waals surface area contributed by atoms with E-state index in [2.05, 4.69) is 146 Å². The average Bonchev–Trinajstić information content (AvgIpc) is 3.18. The standard InChI is InChI=1S/2C15H28N2.3CH4/c2*1-13(2,3)11-10-12(14(4,5)6)17(16-11)15(7,8)9;;;/h2*10H,1-9H3;3*1H4. The van der Waals surface area contributed by atoms with Crippen molar-refractivity contribution in [1.82, 2.24) is 19.6 Å². The molecule has 0 saturated heterocycles. The maximum Gasteiger partial charge on any atom is 0.0681 e. The zero-order valence-corrected chi connectivity index (χ0v) is 25.9. The van der Waals surface area contributed by atoms with Gasteiger partial charge in [-0.2, -0.15) is 10.2 Å². The molecular formula is C33H68N4. The summed E-state index contributed by atoms with van der Waals surface area (Å²) in [6, 6.07) is 4.54. The third-order valence-electron chi connectivity index (χ3n) is 5.76. The van der Waals surface area contributed by atoms with Crippen molar-refractivity contribution in [2.24, 2.45) is 0 Å². The first-order chi connectivity index (χ1) is 14.7. The van der Waals surface area contributed by atoms with Crippen molar-refractivity contribution in [3.05, 3.63) is 34.9 Å². The molecule has 4 heteroatoms. The van der Waals surface area contributed by atoms with Gasteiger partial charge in [0.15, 0.2) is 0 Å². The van der Waals surface area contributed by atoms with Crippen molar-refractivity contribution in [3.8, 4) is 0 Å². The number of rotatable bonds is 0. The minimum Gasteiger partial charge on any atom is -0.264 e. The van der Waals surface area contributed by atoms with Crippen LogP contribution in [0.4, 0.5) is 0 Å². The summed E-state index contributed by atoms with van der Waals surface area (Å²) < 4.78 is 4.38. The molecule has 0 amide bonds. The SMILES string of the molecule is C.C.C.CC(C)(C)c1cc(C(C)(C)C)n(C(C)(C)C)n1.CC(C)(C)c1cc(C(C)(C)C)n(C(C)(C)C)n1. The Morgan fingerprint density at radius 3 is 0.730 bits per heavy atom. The largest absolute Gasteiger partial charge is 0.264 e. The molecule has 2 aromatic rings. The summed E-state index contributed by atoms with van der Waals surface area (Å²) in [6.07, 6.45) is 0. The van der Waals surface area contributed by atoms with Crippen LogP contribution in [0, 0.1) is 0 Å². The van der Waals surface area contributed by atoms with E-state index in [1.54, 1.807) is 0 Å². The predicted molar refractivity (Wildman–Crippen MR) is 169 cm³/mol. The van der Waals surface area contributed by atoms with Gasteiger partial charge in [0.2, 0.25) is 0 Å². The van der Waals surface area contributed by atoms with Crippen molar-refractivity contribution >= 4 is 0 Å². The molecule has 0 N–H and O–H groups in total. The Morgan fingerprint density at radius 2 is 0.622 bits per heavy atom. The summed E-state index contributed by atoms with van der Waals surface area (Å²) in [7, 11) is 0. The Balaban J connectivity index is -0.000000578. The first kappa shape index (κ1) is 39.9. The fourth-order valence-electron chi connectivity index (χ4n) is 3.59. The third-order valence-corrected chi connectivity index (χ3v) is 5.76. The summed E-state index contributed by atoms with van der Waals surface area (Å²) >= 11 is 0. The smallest absolute Gasteiger partial charge is 0.0681 e. The van der Waals surface area contributed by atoms with Gasteiger partial charge in [-0.1, -0.05) is 105 Å². The lowest BCUT2D eigenvalue weighted by atomic mass is 9.87. The lowest BCUT2D eigenvalue weighted by Crippen LogP contribution is -2.30. The molecule has 2 aromatic heterocycles. The minimum atomic E-state index is 0. The third kappa shape index (κ3) is 10.6. The second kappa shape index (κ2) is 12.1. The molecule has 37 heavy (non-hydrogen) atoms. The number of nitrogens with zero attached hydrogens (tertiary/aromatic N) is 4. The molecule has 0 aliphatic rings. The summed E-state index contributed by atoms with van der Waals surface area (Å²) in [4.78, 5) is 0. The van der Waals surface area contributed by atoms with E-state index in [-0.39, 0.29) is 55.0 Å². The van der Waals surface area contributed by atoms with E-state index in [4.69, 9.17) is 10.2 Å². The van der Waals surface area contributed by atoms with E-state index in [1.807, 2.05) is 0 Å². The van der Waals surface area contributed by atoms with Crippen molar-refractivity contribution in [2.75, 3.05) is 0 Å². The molecule has 0 atom stereocenters. The minimum absolute atomic E-state index is 0. The molecule has 4 nitrogen and oxygen atoms in total. The summed E-state index contributed by atoms with van der Waals surface area (Å²) in [5, 5.41) is 9.67. The average molecular weight is 521 g/mol. The molecule has 0 unspecified atom stereocenters. The van der Waals surface area contributed by atoms with Gasteiger partial charge in [0.05, 0.1) is 22.5 Å². The highest BCUT2D eigenvalue weighted by Crippen LogP contribution is 2.33. The second-order valence-corrected chi connectivity index (χ2v) is 16.0. The Labute approximate surface area is 234 Å². The zero-order chi connectivity index (χ0) is 27.3. The van der Waals surface area contributed by atoms with Crippen LogP contribution >= 0.6 is 0 Å². The highest BCUT2D eigenvalue weighted by molar-refractivity contribution is 5.25. The quantitative estimate of drug-likeness (QED) is 0.346. The Bertz CT molecular complexity index is 802. The predicted octanol–water partition coefficient (Wildman–Crippen LogP) is 10.4. The fraction of sp³-hybridized carbons (Fsp3) is 0.818. The van der Waals surface area contributed by atoms with Crippen molar-refractivity contribution < 1.29 is 0 Å². The molecule has 0 radical (unpaired) electrons. The van der Waals surface area contributed by atoms with Gasteiger partial charge in [0.25, 0.3) is 0 Å². The van der Waals surface area contributed by atoms with Crippen LogP contribution in [0.15, 0.2) is 12.1 Å². The summed E-state index contributed by atoms with van der Waals surface area (Å²) in [6.45, 7) is 40.1. The van der Waals surface area contributed by atoms with Gasteiger partial charge in [-0.05, 0) is 53.7 Å². The van der Waals surface area contributed by atoms with E-state index in [1.165, 1.54) is 22.8 Å². The van der Waals surface area contributed by atoms with Gasteiger partial charge in [0, 0.05) is 33.0 Å². The van der Waals surface area contributed by atoms with Crippen LogP contribution in [0.1, 0.15) is 170 Å². The molecule has 0 aliphatic carbocycles. The lowest BCUT2D eigenvalue weighted by molar-refractivity contribution is 0.318. The van der Waals surface area contributed by atoms with Crippen molar-refractivity contribution in [1.29, 1.82) is 0 Å². The lowest BCUT2D eigenvalue weighted by Gasteiger charge is -2.28. The highest BCUT2D eigenvalue weighted by atomic mass is 15.3. The van der Waals surface area contributed by atoms with Crippen LogP contribution in [0.3, 0.4) is 0 Å². The topological polar surface area (TPSA) is 35.6 Å². The first-order valence-electron chi connectivity index (χ1n) is 12.9. The fourth-order valence-corrected chi connectivity index (χ4v) is 3.59. The van der Waals surface area contributed by atoms with Crippen LogP contribution in [-0.2, 0) is 32.7 Å². The van der Waals surface area contributed by atoms with E-state index >= 15 is 0 Å². The van der Waals surface area contributed by atoms with E-state index in [0.29, 0.717) is 0 Å². The molecule has 0 aromatic carbocycles. The molecule has 220 valence electrons. The number of hydrogen-bond donors (Lipinski definition) is 0. The van der Waals surface area contributed by atoms with Gasteiger partial charge in [-0.15, -0.1) is 0 Å². The van der Waals surface area contributed by atoms with Gasteiger partial charge in [-0.3, -0.25) is 9.36 Å². The van der Waals surface area contributed by atoms with E-state index in [9.17, 15) is 0 Å². The Morgan fingerprint density at radius 1 is 0.405 bits per heavy atom. The second-order valence-electron chi connectivity index (χ2n) is 16.0. The van der Waals surface area contributed by atoms with E-state index < -0.39 is 0 Å². The number of hydrogen-bond acceptors (Lipinski definition) is 2. The highest BCUT2D eigenvalue weighted by Gasteiger charge is 2.31. The molecule has 0 fully saturated rings. The summed E-state index contributed by atoms with van der Waals surface area (Å²) in [5.41, 5.74) is 5.53. The number of aromatic nitrogens is 4. The molecular weight excluding hydrogens is 452 g/mol. The first-order valence-corrected chi connectivity index (χ1v) is 12.9. The molecule has 0 bridgehead atoms.